The van der Waals surface area contributed by atoms with Gasteiger partial charge in [-0.05, 0) is 199 Å². The number of aldehydes is 1. The monoisotopic (exact) mass is 1620 g/mol. The van der Waals surface area contributed by atoms with Gasteiger partial charge in [0, 0.05) is 19.4 Å². The van der Waals surface area contributed by atoms with Crippen molar-refractivity contribution in [2.24, 2.45) is 59.2 Å². The van der Waals surface area contributed by atoms with Crippen LogP contribution in [0.5, 0.6) is 0 Å². The highest BCUT2D eigenvalue weighted by Crippen LogP contribution is 2.29. The third-order valence-electron chi connectivity index (χ3n) is 19.8. The van der Waals surface area contributed by atoms with Crippen molar-refractivity contribution in [2.75, 3.05) is 26.4 Å². The molecule has 3 saturated heterocycles. The number of carbonyl (C=O) groups is 2. The van der Waals surface area contributed by atoms with Crippen molar-refractivity contribution < 1.29 is 121 Å². The van der Waals surface area contributed by atoms with E-state index in [-0.39, 0.29) is 130 Å². The fourth-order valence-electron chi connectivity index (χ4n) is 9.22. The molecule has 0 aromatic carbocycles. The minimum atomic E-state index is -1.26. The summed E-state index contributed by atoms with van der Waals surface area (Å²) in [5.41, 5.74) is 0. The van der Waals surface area contributed by atoms with Crippen LogP contribution < -0.4 is 0 Å². The zero-order valence-corrected chi connectivity index (χ0v) is 73.0. The molecule has 3 aliphatic rings. The highest BCUT2D eigenvalue weighted by molar-refractivity contribution is 5.68. The fraction of sp³-hybridized carbons (Fsp3) is 0.753. The minimum absolute atomic E-state index is 0.0189. The van der Waals surface area contributed by atoms with Crippen molar-refractivity contribution in [3.8, 4) is 0 Å². The van der Waals surface area contributed by atoms with Gasteiger partial charge in [-0.25, -0.2) is 0 Å². The molecule has 0 amide bonds. The molecule has 0 spiro atoms. The van der Waals surface area contributed by atoms with Crippen LogP contribution in [0.1, 0.15) is 228 Å². The number of hydrogen-bond acceptors (Lipinski definition) is 23. The van der Waals surface area contributed by atoms with E-state index in [1.807, 2.05) is 104 Å². The van der Waals surface area contributed by atoms with Crippen LogP contribution in [0.3, 0.4) is 0 Å². The number of carboxylic acids is 1. The van der Waals surface area contributed by atoms with Crippen molar-refractivity contribution in [3.05, 3.63) is 123 Å². The van der Waals surface area contributed by atoms with Gasteiger partial charge in [-0.1, -0.05) is 173 Å². The number of aliphatic hydroxyl groups is 18. The molecule has 28 atom stereocenters. The maximum Gasteiger partial charge on any atom is 0.307 e. The summed E-state index contributed by atoms with van der Waals surface area (Å²) in [6.07, 6.45) is 33.9. The number of rotatable bonds is 40. The van der Waals surface area contributed by atoms with Crippen molar-refractivity contribution >= 4 is 12.3 Å². The molecule has 3 fully saturated rings. The number of carboxylic acid groups (broad SMARTS) is 1. The van der Waals surface area contributed by atoms with E-state index in [1.54, 1.807) is 84.9 Å². The molecule has 24 heteroatoms. The molecule has 0 saturated carbocycles. The number of carbonyl (C=O) groups excluding carboxylic acids is 1. The molecule has 24 nitrogen and oxygen atoms in total. The Morgan fingerprint density at radius 2 is 0.681 bits per heavy atom. The first kappa shape index (κ1) is 122. The quantitative estimate of drug-likeness (QED) is 0.0154. The predicted octanol–water partition coefficient (Wildman–Crippen LogP) is 10.5. The van der Waals surface area contributed by atoms with E-state index in [2.05, 4.69) is 54.4 Å². The van der Waals surface area contributed by atoms with Crippen molar-refractivity contribution in [1.29, 1.82) is 0 Å². The highest BCUT2D eigenvalue weighted by Gasteiger charge is 2.32. The van der Waals surface area contributed by atoms with E-state index < -0.39 is 55.0 Å². The first-order valence-electron chi connectivity index (χ1n) is 40.8. The molecule has 19 N–H and O–H groups in total. The molecule has 12 unspecified atom stereocenters. The molecule has 0 radical (unpaired) electrons. The Morgan fingerprint density at radius 1 is 0.381 bits per heavy atom. The van der Waals surface area contributed by atoms with E-state index in [0.717, 1.165) is 57.7 Å². The fourth-order valence-corrected chi connectivity index (χ4v) is 9.22. The molecule has 113 heavy (non-hydrogen) atoms. The first-order valence-corrected chi connectivity index (χ1v) is 40.8. The van der Waals surface area contributed by atoms with E-state index >= 15 is 0 Å². The maximum absolute atomic E-state index is 10.1. The van der Waals surface area contributed by atoms with Gasteiger partial charge in [-0.15, -0.1) is 19.7 Å². The first-order chi connectivity index (χ1) is 52.7. The van der Waals surface area contributed by atoms with Gasteiger partial charge in [-0.2, -0.15) is 0 Å². The number of allylic oxidation sites excluding steroid dienone is 6. The summed E-state index contributed by atoms with van der Waals surface area (Å²) in [5.74, 6) is 2.25. The second-order valence-electron chi connectivity index (χ2n) is 30.8. The SMILES string of the molecule is C=CC(O)C1CC(C)[C@H](C)O1.C=C[C@H](O)[C@@H](O)CC(C)[C@H](C)O.C=C[C@H](O)[C@H](O)CC(C)[C@H](C)O.CC(C/C=C/CC(=O)O)[C@H](C)O.CC(C/C=C/CC(O)O)[C@H](C)O.CC(C/C=C/CC=O)[C@H](C)O.CC(C/C=C/CCO)[C@H](C)O.CC(C/C=C/CO)[C@H](C)O.CC1C[C@@H](/C=C/CO)O[C@H]1C.CC1C[C@H](/C=C/CO)O[C@H]1C. The Kier molecular flexibility index (Phi) is 85.1. The van der Waals surface area contributed by atoms with Gasteiger partial charge < -0.3 is 116 Å². The molecule has 3 heterocycles. The Hall–Kier alpha value is -4.30. The standard InChI is InChI=1S/C9H18O3.C9H16O3.2C9H18O3.3C9H16O2.C9H18O2.C9H16O2.C8H16O2/c2*1-7(8(2)10)5-3-4-6-9(11)12;2*1-4-8(11)9(12)5-6(2)7(3)10;2*1-7-6-9(4-3-5-10)11-8(7)2;1-4-8(10)9-5-6(2)7(3)11-9;2*1-8(9(2)11)6-4-3-5-7-10;1-7(8(2)10)5-3-4-6-9/h3-4,7-12H,5-6H2,1-2H3;3-4,7-8,10H,5-6H2,1-2H3,(H,11,12);2*4,6-12H,1,5H2,2-3H3;2*3-4,7-10H,5-6H2,1-2H3;4,6-10H,1,5H2,2-3H3;3-4,8-11H,5-7H2,1-2H3;3-4,7-9,11H,5-6H2,1-2H3;3-4,7-10H,5-6H2,1-2H3/b2*4-3+;;;2*4-3+;;3*4-3+/t2*7?,8-;6?,7-,8-,9+;6?,7-,8-,9-;7?,8-,9+;7?,8-,9-;6?,7-,8?,9?;2*8?,9-;7?,8-/m0000000000/s1. The second-order valence-corrected chi connectivity index (χ2v) is 30.8. The molecular weight excluding hydrogens is 1450 g/mol. The van der Waals surface area contributed by atoms with E-state index in [0.29, 0.717) is 61.6 Å². The lowest BCUT2D eigenvalue weighted by atomic mass is 9.96. The number of hydrogen-bond donors (Lipinski definition) is 19. The number of aliphatic carboxylic acids is 1. The lowest BCUT2D eigenvalue weighted by molar-refractivity contribution is -0.136. The van der Waals surface area contributed by atoms with Gasteiger partial charge in [0.15, 0.2) is 6.29 Å². The Balaban J connectivity index is -0.000000221. The van der Waals surface area contributed by atoms with E-state index in [4.69, 9.17) is 95.9 Å². The van der Waals surface area contributed by atoms with Crippen molar-refractivity contribution in [3.63, 3.8) is 0 Å². The Bertz CT molecular complexity index is 2290. The number of ether oxygens (including phenoxy) is 3. The summed E-state index contributed by atoms with van der Waals surface area (Å²) in [4.78, 5) is 20.0. The van der Waals surface area contributed by atoms with Crippen LogP contribution in [0.2, 0.25) is 0 Å². The van der Waals surface area contributed by atoms with Gasteiger partial charge in [0.25, 0.3) is 0 Å². The van der Waals surface area contributed by atoms with Gasteiger partial charge in [0.1, 0.15) is 6.29 Å². The maximum atomic E-state index is 10.1. The summed E-state index contributed by atoms with van der Waals surface area (Å²) in [7, 11) is 0. The van der Waals surface area contributed by atoms with Crippen LogP contribution in [0.15, 0.2) is 123 Å². The Labute approximate surface area is 683 Å². The molecule has 3 rings (SSSR count). The zero-order chi connectivity index (χ0) is 88.9. The van der Waals surface area contributed by atoms with Gasteiger partial charge >= 0.3 is 5.97 Å². The molecule has 0 bridgehead atoms. The van der Waals surface area contributed by atoms with Crippen molar-refractivity contribution in [2.45, 2.75) is 345 Å². The second kappa shape index (κ2) is 78.9. The van der Waals surface area contributed by atoms with Gasteiger partial charge in [0.05, 0.1) is 136 Å². The topological polar surface area (TPSA) is 446 Å². The molecule has 0 aromatic heterocycles. The largest absolute Gasteiger partial charge is 0.481 e. The molecule has 0 aromatic rings. The molecule has 668 valence electrons. The highest BCUT2D eigenvalue weighted by atomic mass is 16.5. The summed E-state index contributed by atoms with van der Waals surface area (Å²) in [6.45, 7) is 49.2. The summed E-state index contributed by atoms with van der Waals surface area (Å²) in [5, 5.41) is 169. The third kappa shape index (κ3) is 77.4. The minimum Gasteiger partial charge on any atom is -0.481 e. The Morgan fingerprint density at radius 3 is 0.938 bits per heavy atom. The van der Waals surface area contributed by atoms with Gasteiger partial charge in [-0.3, -0.25) is 4.79 Å². The third-order valence-corrected chi connectivity index (χ3v) is 19.8. The number of aliphatic hydroxyl groups excluding tert-OH is 17. The lowest BCUT2D eigenvalue weighted by Gasteiger charge is -2.20. The zero-order valence-electron chi connectivity index (χ0n) is 73.0. The summed E-state index contributed by atoms with van der Waals surface area (Å²) < 4.78 is 16.7. The van der Waals surface area contributed by atoms with Crippen LogP contribution >= 0.6 is 0 Å². The van der Waals surface area contributed by atoms with Crippen LogP contribution in [-0.4, -0.2) is 252 Å². The average molecular weight is 1620 g/mol. The molecular formula is C89H168O24. The lowest BCUT2D eigenvalue weighted by Crippen LogP contribution is -2.28. The van der Waals surface area contributed by atoms with E-state index in [9.17, 15) is 24.9 Å². The van der Waals surface area contributed by atoms with Crippen LogP contribution in [0.25, 0.3) is 0 Å². The van der Waals surface area contributed by atoms with Crippen LogP contribution in [0, 0.1) is 59.2 Å². The van der Waals surface area contributed by atoms with Crippen molar-refractivity contribution in [1.82, 2.24) is 0 Å². The summed E-state index contributed by atoms with van der Waals surface area (Å²) in [6, 6.07) is 0. The summed E-state index contributed by atoms with van der Waals surface area (Å²) >= 11 is 0. The molecule has 0 aliphatic carbocycles. The normalized spacial score (nSPS) is 24.3. The predicted molar refractivity (Wildman–Crippen MR) is 456 cm³/mol. The average Bonchev–Trinajstić information content (AvgIpc) is 1.74. The molecule has 3 aliphatic heterocycles. The smallest absolute Gasteiger partial charge is 0.307 e. The van der Waals surface area contributed by atoms with E-state index in [1.165, 1.54) is 18.2 Å². The van der Waals surface area contributed by atoms with Gasteiger partial charge in [0.2, 0.25) is 0 Å². The van der Waals surface area contributed by atoms with Crippen LogP contribution in [0.4, 0.5) is 0 Å². The van der Waals surface area contributed by atoms with Crippen LogP contribution in [-0.2, 0) is 23.8 Å².